The topological polar surface area (TPSA) is 87.7 Å². The fraction of sp³-hybridized carbons (Fsp3) is 0.333. The lowest BCUT2D eigenvalue weighted by molar-refractivity contribution is -0.129. The molecule has 0 aromatic rings. The van der Waals surface area contributed by atoms with Crippen LogP contribution in [-0.4, -0.2) is 22.6 Å². The quantitative estimate of drug-likeness (QED) is 0.465. The van der Waals surface area contributed by atoms with Gasteiger partial charge in [-0.2, -0.15) is 0 Å². The first-order valence-corrected chi connectivity index (χ1v) is 3.07. The minimum atomic E-state index is -1.07. The maximum absolute atomic E-state index is 10.4. The van der Waals surface area contributed by atoms with Crippen LogP contribution in [0.1, 0.15) is 6.92 Å². The van der Waals surface area contributed by atoms with Crippen molar-refractivity contribution >= 4 is 11.7 Å². The molecule has 1 atom stereocenters. The number of rotatable bonds is 1. The molecule has 0 amide bonds. The molecule has 60 valence electrons. The molecule has 0 aromatic heterocycles. The summed E-state index contributed by atoms with van der Waals surface area (Å²) >= 11 is 0. The average Bonchev–Trinajstić information content (AvgIpc) is 1.85. The van der Waals surface area contributed by atoms with E-state index < -0.39 is 11.8 Å². The first-order valence-electron chi connectivity index (χ1n) is 3.07. The van der Waals surface area contributed by atoms with Crippen LogP contribution in [0.25, 0.3) is 0 Å². The number of aliphatic imine (C=N–C) groups is 1. The van der Waals surface area contributed by atoms with Crippen molar-refractivity contribution in [2.75, 3.05) is 0 Å². The number of carboxylic acid groups (broad SMARTS) is 1. The minimum absolute atomic E-state index is 0.0336. The minimum Gasteiger partial charge on any atom is -0.477 e. The number of nitrogens with one attached hydrogen (secondary N) is 1. The first-order chi connectivity index (χ1) is 5.01. The van der Waals surface area contributed by atoms with Crippen molar-refractivity contribution in [1.29, 1.82) is 0 Å². The van der Waals surface area contributed by atoms with Gasteiger partial charge in [0.15, 0.2) is 5.79 Å². The second-order valence-electron chi connectivity index (χ2n) is 2.43. The molecule has 0 saturated heterocycles. The zero-order valence-corrected chi connectivity index (χ0v) is 6.03. The van der Waals surface area contributed by atoms with Crippen molar-refractivity contribution in [3.05, 3.63) is 12.3 Å². The highest BCUT2D eigenvalue weighted by Crippen LogP contribution is 2.02. The van der Waals surface area contributed by atoms with Crippen LogP contribution in [-0.2, 0) is 4.79 Å². The van der Waals surface area contributed by atoms with Crippen LogP contribution in [0.15, 0.2) is 17.3 Å². The summed E-state index contributed by atoms with van der Waals surface area (Å²) in [6, 6.07) is 0. The second kappa shape index (κ2) is 2.35. The Bertz CT molecular complexity index is 242. The lowest BCUT2D eigenvalue weighted by atomic mass is 10.3. The highest BCUT2D eigenvalue weighted by atomic mass is 16.4. The van der Waals surface area contributed by atoms with Crippen molar-refractivity contribution in [3.8, 4) is 0 Å². The summed E-state index contributed by atoms with van der Waals surface area (Å²) in [6.07, 6.45) is 2.83. The summed E-state index contributed by atoms with van der Waals surface area (Å²) in [5.74, 6) is -2.07. The van der Waals surface area contributed by atoms with Crippen LogP contribution in [0.4, 0.5) is 0 Å². The van der Waals surface area contributed by atoms with E-state index in [1.165, 1.54) is 12.3 Å². The largest absolute Gasteiger partial charge is 0.477 e. The van der Waals surface area contributed by atoms with Gasteiger partial charge in [-0.15, -0.1) is 0 Å². The summed E-state index contributed by atoms with van der Waals surface area (Å²) in [7, 11) is 0. The zero-order valence-electron chi connectivity index (χ0n) is 6.03. The van der Waals surface area contributed by atoms with E-state index in [0.29, 0.717) is 0 Å². The Kier molecular flexibility index (Phi) is 1.66. The number of carboxylic acids is 1. The molecular formula is C6H9N3O2. The number of aliphatic carboxylic acids is 1. The van der Waals surface area contributed by atoms with Gasteiger partial charge in [0.25, 0.3) is 0 Å². The fourth-order valence-electron chi connectivity index (χ4n) is 0.728. The molecule has 0 bridgehead atoms. The molecule has 5 heteroatoms. The first kappa shape index (κ1) is 7.74. The smallest absolute Gasteiger partial charge is 0.354 e. The van der Waals surface area contributed by atoms with E-state index in [-0.39, 0.29) is 5.71 Å². The van der Waals surface area contributed by atoms with E-state index in [1.54, 1.807) is 6.92 Å². The van der Waals surface area contributed by atoms with Gasteiger partial charge in [0.2, 0.25) is 0 Å². The van der Waals surface area contributed by atoms with Crippen molar-refractivity contribution in [1.82, 2.24) is 5.32 Å². The molecule has 1 rings (SSSR count). The van der Waals surface area contributed by atoms with Gasteiger partial charge < -0.3 is 10.4 Å². The number of hydrogen-bond donors (Lipinski definition) is 3. The Morgan fingerprint density at radius 2 is 2.55 bits per heavy atom. The Hall–Kier alpha value is -1.36. The average molecular weight is 155 g/mol. The van der Waals surface area contributed by atoms with Crippen LogP contribution in [0.3, 0.4) is 0 Å². The van der Waals surface area contributed by atoms with Crippen LogP contribution in [0.5, 0.6) is 0 Å². The van der Waals surface area contributed by atoms with Gasteiger partial charge >= 0.3 is 5.97 Å². The normalized spacial score (nSPS) is 29.1. The maximum atomic E-state index is 10.4. The van der Waals surface area contributed by atoms with Gasteiger partial charge in [-0.05, 0) is 13.0 Å². The van der Waals surface area contributed by atoms with Gasteiger partial charge in [-0.25, -0.2) is 9.79 Å². The van der Waals surface area contributed by atoms with E-state index >= 15 is 0 Å². The van der Waals surface area contributed by atoms with Gasteiger partial charge in [0, 0.05) is 6.20 Å². The summed E-state index contributed by atoms with van der Waals surface area (Å²) in [4.78, 5) is 14.1. The number of nitrogens with two attached hydrogens (primary N) is 1. The molecule has 0 saturated carbocycles. The van der Waals surface area contributed by atoms with Crippen LogP contribution >= 0.6 is 0 Å². The van der Waals surface area contributed by atoms with E-state index in [1.807, 2.05) is 0 Å². The van der Waals surface area contributed by atoms with Crippen LogP contribution in [0.2, 0.25) is 0 Å². The lowest BCUT2D eigenvalue weighted by Gasteiger charge is -2.23. The summed E-state index contributed by atoms with van der Waals surface area (Å²) in [5, 5.41) is 11.2. The monoisotopic (exact) mass is 155 g/mol. The van der Waals surface area contributed by atoms with Crippen LogP contribution in [0, 0.1) is 0 Å². The molecule has 0 fully saturated rings. The fourth-order valence-corrected chi connectivity index (χ4v) is 0.728. The Morgan fingerprint density at radius 1 is 1.91 bits per heavy atom. The summed E-state index contributed by atoms with van der Waals surface area (Å²) in [5.41, 5.74) is 5.46. The highest BCUT2D eigenvalue weighted by molar-refractivity contribution is 6.40. The molecule has 11 heavy (non-hydrogen) atoms. The molecule has 4 N–H and O–H groups in total. The standard InChI is InChI=1S/C6H9N3O2/c1-6(7)8-3-2-4(9-6)5(10)11/h2-3,8H,7H2,1H3,(H,10,11). The Morgan fingerprint density at radius 3 is 2.91 bits per heavy atom. The second-order valence-corrected chi connectivity index (χ2v) is 2.43. The molecule has 1 heterocycles. The lowest BCUT2D eigenvalue weighted by Crippen LogP contribution is -2.49. The molecule has 1 aliphatic rings. The third kappa shape index (κ3) is 1.78. The highest BCUT2D eigenvalue weighted by Gasteiger charge is 2.20. The summed E-state index contributed by atoms with van der Waals surface area (Å²) in [6.45, 7) is 1.58. The van der Waals surface area contributed by atoms with Crippen molar-refractivity contribution in [3.63, 3.8) is 0 Å². The maximum Gasteiger partial charge on any atom is 0.354 e. The number of nitrogens with zero attached hydrogens (tertiary/aromatic N) is 1. The zero-order chi connectivity index (χ0) is 8.48. The van der Waals surface area contributed by atoms with Gasteiger partial charge in [-0.3, -0.25) is 5.73 Å². The number of carbonyl (C=O) groups is 1. The van der Waals surface area contributed by atoms with Crippen molar-refractivity contribution in [2.45, 2.75) is 12.7 Å². The molecular weight excluding hydrogens is 146 g/mol. The SMILES string of the molecule is CC1(N)N=C(C(=O)O)C=CN1. The van der Waals surface area contributed by atoms with Gasteiger partial charge in [0.1, 0.15) is 5.71 Å². The molecule has 5 nitrogen and oxygen atoms in total. The Balaban J connectivity index is 2.89. The molecule has 0 aliphatic carbocycles. The van der Waals surface area contributed by atoms with E-state index in [9.17, 15) is 4.79 Å². The molecule has 1 aliphatic heterocycles. The molecule has 0 radical (unpaired) electrons. The van der Waals surface area contributed by atoms with Crippen LogP contribution < -0.4 is 11.1 Å². The van der Waals surface area contributed by atoms with Gasteiger partial charge in [0.05, 0.1) is 0 Å². The third-order valence-electron chi connectivity index (χ3n) is 1.19. The Labute approximate surface area is 63.6 Å². The van der Waals surface area contributed by atoms with Crippen molar-refractivity contribution < 1.29 is 9.90 Å². The summed E-state index contributed by atoms with van der Waals surface area (Å²) < 4.78 is 0. The molecule has 0 spiro atoms. The van der Waals surface area contributed by atoms with Gasteiger partial charge in [-0.1, -0.05) is 0 Å². The third-order valence-corrected chi connectivity index (χ3v) is 1.19. The van der Waals surface area contributed by atoms with E-state index in [0.717, 1.165) is 0 Å². The molecule has 0 aromatic carbocycles. The predicted molar refractivity (Wildman–Crippen MR) is 39.9 cm³/mol. The van der Waals surface area contributed by atoms with Crippen molar-refractivity contribution in [2.24, 2.45) is 10.7 Å². The predicted octanol–water partition coefficient (Wildman–Crippen LogP) is -0.739. The van der Waals surface area contributed by atoms with E-state index in [2.05, 4.69) is 10.3 Å². The number of hydrogen-bond acceptors (Lipinski definition) is 4. The van der Waals surface area contributed by atoms with E-state index in [4.69, 9.17) is 10.8 Å². The molecule has 1 unspecified atom stereocenters.